The lowest BCUT2D eigenvalue weighted by Gasteiger charge is -2.22. The molecule has 0 atom stereocenters. The fourth-order valence-corrected chi connectivity index (χ4v) is 1.81. The van der Waals surface area contributed by atoms with E-state index in [9.17, 15) is 4.79 Å². The van der Waals surface area contributed by atoms with Crippen LogP contribution in [0.25, 0.3) is 0 Å². The Balaban J connectivity index is 2.33. The number of carbonyl (C=O) groups excluding carboxylic acids is 1. The molecular weight excluding hydrogens is 220 g/mol. The molecule has 1 fully saturated rings. The van der Waals surface area contributed by atoms with Crippen LogP contribution in [-0.2, 0) is 4.79 Å². The highest BCUT2D eigenvalue weighted by Crippen LogP contribution is 2.31. The van der Waals surface area contributed by atoms with Gasteiger partial charge in [-0.2, -0.15) is 0 Å². The second-order valence-corrected chi connectivity index (χ2v) is 5.05. The van der Waals surface area contributed by atoms with Gasteiger partial charge in [0.1, 0.15) is 0 Å². The van der Waals surface area contributed by atoms with Gasteiger partial charge in [0.05, 0.1) is 4.99 Å². The van der Waals surface area contributed by atoms with Crippen LogP contribution in [0, 0.1) is 5.92 Å². The standard InChI is InChI=1S/C12H22N2OS/c1-2-3-4-8-14(9-7-11(13)16)12(15)10-5-6-10/h10H,2-9H2,1H3,(H2,13,16). The van der Waals surface area contributed by atoms with Crippen molar-refractivity contribution in [2.45, 2.75) is 45.4 Å². The lowest BCUT2D eigenvalue weighted by molar-refractivity contribution is -0.132. The van der Waals surface area contributed by atoms with Crippen molar-refractivity contribution in [3.05, 3.63) is 0 Å². The van der Waals surface area contributed by atoms with Crippen molar-refractivity contribution >= 4 is 23.1 Å². The molecule has 1 saturated carbocycles. The van der Waals surface area contributed by atoms with E-state index in [4.69, 9.17) is 18.0 Å². The maximum absolute atomic E-state index is 12.0. The summed E-state index contributed by atoms with van der Waals surface area (Å²) in [6.07, 6.45) is 6.24. The van der Waals surface area contributed by atoms with Crippen molar-refractivity contribution in [3.8, 4) is 0 Å². The summed E-state index contributed by atoms with van der Waals surface area (Å²) >= 11 is 4.86. The SMILES string of the molecule is CCCCCN(CCC(N)=S)C(=O)C1CC1. The van der Waals surface area contributed by atoms with Gasteiger partial charge in [-0.25, -0.2) is 0 Å². The monoisotopic (exact) mass is 242 g/mol. The molecule has 1 amide bonds. The first-order valence-electron chi connectivity index (χ1n) is 6.22. The van der Waals surface area contributed by atoms with Crippen molar-refractivity contribution < 1.29 is 4.79 Å². The number of unbranched alkanes of at least 4 members (excludes halogenated alkanes) is 2. The zero-order valence-electron chi connectivity index (χ0n) is 10.1. The Labute approximate surface area is 103 Å². The molecule has 2 N–H and O–H groups in total. The zero-order chi connectivity index (χ0) is 12.0. The van der Waals surface area contributed by atoms with Gasteiger partial charge in [-0.1, -0.05) is 32.0 Å². The Kier molecular flexibility index (Phi) is 5.74. The Morgan fingerprint density at radius 3 is 2.56 bits per heavy atom. The normalized spacial score (nSPS) is 14.8. The summed E-state index contributed by atoms with van der Waals surface area (Å²) in [7, 11) is 0. The molecule has 1 aliphatic carbocycles. The predicted molar refractivity (Wildman–Crippen MR) is 70.2 cm³/mol. The highest BCUT2D eigenvalue weighted by Gasteiger charge is 2.32. The Hall–Kier alpha value is -0.640. The van der Waals surface area contributed by atoms with Crippen molar-refractivity contribution in [2.75, 3.05) is 13.1 Å². The van der Waals surface area contributed by atoms with Crippen molar-refractivity contribution in [1.82, 2.24) is 4.90 Å². The van der Waals surface area contributed by atoms with Gasteiger partial charge in [-0.3, -0.25) is 4.79 Å². The average Bonchev–Trinajstić information content (AvgIpc) is 3.05. The van der Waals surface area contributed by atoms with Gasteiger partial charge in [0.25, 0.3) is 0 Å². The molecule has 0 aromatic rings. The first-order valence-corrected chi connectivity index (χ1v) is 6.63. The van der Waals surface area contributed by atoms with Gasteiger partial charge in [-0.15, -0.1) is 0 Å². The number of nitrogens with zero attached hydrogens (tertiary/aromatic N) is 1. The lowest BCUT2D eigenvalue weighted by Crippen LogP contribution is -2.35. The summed E-state index contributed by atoms with van der Waals surface area (Å²) < 4.78 is 0. The van der Waals surface area contributed by atoms with Gasteiger partial charge >= 0.3 is 0 Å². The summed E-state index contributed by atoms with van der Waals surface area (Å²) in [5.74, 6) is 0.611. The molecule has 0 bridgehead atoms. The molecule has 0 aliphatic heterocycles. The van der Waals surface area contributed by atoms with Crippen LogP contribution < -0.4 is 5.73 Å². The lowest BCUT2D eigenvalue weighted by atomic mass is 10.2. The smallest absolute Gasteiger partial charge is 0.225 e. The molecule has 92 valence electrons. The number of rotatable bonds is 8. The Morgan fingerprint density at radius 2 is 2.06 bits per heavy atom. The third-order valence-corrected chi connectivity index (χ3v) is 3.10. The highest BCUT2D eigenvalue weighted by molar-refractivity contribution is 7.80. The largest absolute Gasteiger partial charge is 0.393 e. The van der Waals surface area contributed by atoms with Crippen LogP contribution in [0.3, 0.4) is 0 Å². The molecular formula is C12H22N2OS. The molecule has 0 spiro atoms. The number of thiocarbonyl (C=S) groups is 1. The minimum absolute atomic E-state index is 0.299. The minimum atomic E-state index is 0.299. The van der Waals surface area contributed by atoms with Gasteiger partial charge in [0.15, 0.2) is 0 Å². The molecule has 1 aliphatic rings. The third-order valence-electron chi connectivity index (χ3n) is 2.90. The van der Waals surface area contributed by atoms with Crippen LogP contribution in [0.4, 0.5) is 0 Å². The van der Waals surface area contributed by atoms with E-state index in [0.717, 1.165) is 25.8 Å². The maximum atomic E-state index is 12.0. The fourth-order valence-electron chi connectivity index (χ4n) is 1.72. The summed E-state index contributed by atoms with van der Waals surface area (Å²) in [5.41, 5.74) is 5.48. The minimum Gasteiger partial charge on any atom is -0.393 e. The van der Waals surface area contributed by atoms with Crippen LogP contribution in [-0.4, -0.2) is 28.9 Å². The van der Waals surface area contributed by atoms with Gasteiger partial charge < -0.3 is 10.6 Å². The van der Waals surface area contributed by atoms with E-state index in [2.05, 4.69) is 6.92 Å². The van der Waals surface area contributed by atoms with E-state index in [1.54, 1.807) is 0 Å². The van der Waals surface area contributed by atoms with Crippen molar-refractivity contribution in [3.63, 3.8) is 0 Å². The van der Waals surface area contributed by atoms with Gasteiger partial charge in [0.2, 0.25) is 5.91 Å². The van der Waals surface area contributed by atoms with Crippen LogP contribution in [0.15, 0.2) is 0 Å². The fraction of sp³-hybridized carbons (Fsp3) is 0.833. The van der Waals surface area contributed by atoms with Crippen LogP contribution >= 0.6 is 12.2 Å². The topological polar surface area (TPSA) is 46.3 Å². The van der Waals surface area contributed by atoms with E-state index in [1.165, 1.54) is 12.8 Å². The maximum Gasteiger partial charge on any atom is 0.225 e. The van der Waals surface area contributed by atoms with Crippen LogP contribution in [0.2, 0.25) is 0 Å². The van der Waals surface area contributed by atoms with E-state index in [1.807, 2.05) is 4.90 Å². The molecule has 0 aromatic carbocycles. The van der Waals surface area contributed by atoms with E-state index in [-0.39, 0.29) is 0 Å². The zero-order valence-corrected chi connectivity index (χ0v) is 10.9. The summed E-state index contributed by atoms with van der Waals surface area (Å²) in [4.78, 5) is 14.4. The molecule has 3 nitrogen and oxygen atoms in total. The van der Waals surface area contributed by atoms with Gasteiger partial charge in [0, 0.05) is 25.4 Å². The first-order chi connectivity index (χ1) is 7.65. The van der Waals surface area contributed by atoms with E-state index >= 15 is 0 Å². The van der Waals surface area contributed by atoms with Crippen molar-refractivity contribution in [2.24, 2.45) is 11.7 Å². The predicted octanol–water partition coefficient (Wildman–Crippen LogP) is 2.09. The van der Waals surface area contributed by atoms with Crippen LogP contribution in [0.5, 0.6) is 0 Å². The molecule has 0 heterocycles. The van der Waals surface area contributed by atoms with E-state index in [0.29, 0.717) is 29.8 Å². The first kappa shape index (κ1) is 13.4. The van der Waals surface area contributed by atoms with Crippen molar-refractivity contribution in [1.29, 1.82) is 0 Å². The Morgan fingerprint density at radius 1 is 1.38 bits per heavy atom. The third kappa shape index (κ3) is 4.92. The van der Waals surface area contributed by atoms with Crippen LogP contribution in [0.1, 0.15) is 45.4 Å². The number of carbonyl (C=O) groups is 1. The Bertz CT molecular complexity index is 251. The summed E-state index contributed by atoms with van der Waals surface area (Å²) in [6, 6.07) is 0. The molecule has 0 radical (unpaired) electrons. The molecule has 0 unspecified atom stereocenters. The molecule has 0 saturated heterocycles. The molecule has 0 aromatic heterocycles. The second-order valence-electron chi connectivity index (χ2n) is 4.52. The second kappa shape index (κ2) is 6.84. The summed E-state index contributed by atoms with van der Waals surface area (Å²) in [6.45, 7) is 3.74. The van der Waals surface area contributed by atoms with Gasteiger partial charge in [-0.05, 0) is 19.3 Å². The molecule has 4 heteroatoms. The quantitative estimate of drug-likeness (QED) is 0.524. The summed E-state index contributed by atoms with van der Waals surface area (Å²) in [5, 5.41) is 0. The van der Waals surface area contributed by atoms with E-state index < -0.39 is 0 Å². The average molecular weight is 242 g/mol. The number of nitrogens with two attached hydrogens (primary N) is 1. The number of hydrogen-bond acceptors (Lipinski definition) is 2. The highest BCUT2D eigenvalue weighted by atomic mass is 32.1. The number of amides is 1. The molecule has 16 heavy (non-hydrogen) atoms. The molecule has 1 rings (SSSR count). The number of hydrogen-bond donors (Lipinski definition) is 1.